The van der Waals surface area contributed by atoms with E-state index in [-0.39, 0.29) is 12.5 Å². The van der Waals surface area contributed by atoms with Gasteiger partial charge in [0.25, 0.3) is 0 Å². The highest BCUT2D eigenvalue weighted by atomic mass is 16.4. The first-order valence-corrected chi connectivity index (χ1v) is 8.45. The van der Waals surface area contributed by atoms with E-state index < -0.39 is 12.1 Å². The van der Waals surface area contributed by atoms with E-state index in [4.69, 9.17) is 5.11 Å². The van der Waals surface area contributed by atoms with Crippen molar-refractivity contribution in [2.24, 2.45) is 0 Å². The number of rotatable bonds is 13. The molecular formula is C20H30O4. The second-order valence-electron chi connectivity index (χ2n) is 5.40. The second kappa shape index (κ2) is 16.0. The topological polar surface area (TPSA) is 77.8 Å². The van der Waals surface area contributed by atoms with Crippen LogP contribution in [0.3, 0.4) is 0 Å². The lowest BCUT2D eigenvalue weighted by Crippen LogP contribution is -1.98. The first-order valence-electron chi connectivity index (χ1n) is 8.45. The zero-order valence-corrected chi connectivity index (χ0v) is 14.4. The van der Waals surface area contributed by atoms with Crippen molar-refractivity contribution in [1.29, 1.82) is 0 Å². The Morgan fingerprint density at radius 1 is 0.917 bits per heavy atom. The van der Waals surface area contributed by atoms with Gasteiger partial charge in [0.05, 0.1) is 12.2 Å². The van der Waals surface area contributed by atoms with Gasteiger partial charge >= 0.3 is 5.97 Å². The molecule has 4 heteroatoms. The van der Waals surface area contributed by atoms with Gasteiger partial charge in [-0.05, 0) is 32.1 Å². The van der Waals surface area contributed by atoms with Gasteiger partial charge in [0.1, 0.15) is 0 Å². The van der Waals surface area contributed by atoms with Gasteiger partial charge in [0.2, 0.25) is 0 Å². The summed E-state index contributed by atoms with van der Waals surface area (Å²) in [7, 11) is 0. The Kier molecular flexibility index (Phi) is 14.7. The molecule has 134 valence electrons. The van der Waals surface area contributed by atoms with Crippen LogP contribution in [0.15, 0.2) is 60.8 Å². The van der Waals surface area contributed by atoms with Gasteiger partial charge in [0, 0.05) is 6.42 Å². The first kappa shape index (κ1) is 22.1. The second-order valence-corrected chi connectivity index (χ2v) is 5.40. The Bertz CT molecular complexity index is 458. The van der Waals surface area contributed by atoms with Crippen molar-refractivity contribution in [2.45, 2.75) is 57.7 Å². The molecule has 0 rings (SSSR count). The molecule has 0 heterocycles. The lowest BCUT2D eigenvalue weighted by atomic mass is 10.2. The van der Waals surface area contributed by atoms with Gasteiger partial charge in [-0.2, -0.15) is 0 Å². The molecule has 24 heavy (non-hydrogen) atoms. The lowest BCUT2D eigenvalue weighted by molar-refractivity contribution is -0.137. The maximum Gasteiger partial charge on any atom is 0.303 e. The standard InChI is InChI=1S/C20H30O4/c1-2-18(21)14-10-6-4-3-5-7-11-15-19(22)16-12-8-9-13-17-20(23)24/h4-8,10-12,14-15,18-19,21-22H,2-3,9,13,16-17H2,1H3,(H,23,24)/b6-4-,7-5-,12-8-,14-10+,15-11-/t18-,19+/m1/s1. The molecule has 0 aliphatic heterocycles. The number of carbonyl (C=O) groups is 1. The van der Waals surface area contributed by atoms with E-state index in [9.17, 15) is 15.0 Å². The lowest BCUT2D eigenvalue weighted by Gasteiger charge is -1.99. The van der Waals surface area contributed by atoms with E-state index in [1.165, 1.54) is 0 Å². The first-order chi connectivity index (χ1) is 11.6. The predicted octanol–water partition coefficient (Wildman–Crippen LogP) is 3.93. The highest BCUT2D eigenvalue weighted by Crippen LogP contribution is 2.01. The largest absolute Gasteiger partial charge is 0.481 e. The fourth-order valence-electron chi connectivity index (χ4n) is 1.72. The van der Waals surface area contributed by atoms with Crippen LogP contribution in [0.5, 0.6) is 0 Å². The number of carboxylic acids is 1. The summed E-state index contributed by atoms with van der Waals surface area (Å²) < 4.78 is 0. The van der Waals surface area contributed by atoms with E-state index in [0.717, 1.165) is 19.3 Å². The number of aliphatic hydroxyl groups is 2. The molecule has 0 fully saturated rings. The number of unbranched alkanes of at least 4 members (excludes halogenated alkanes) is 1. The number of aliphatic carboxylic acids is 1. The van der Waals surface area contributed by atoms with Crippen LogP contribution >= 0.6 is 0 Å². The molecule has 0 saturated carbocycles. The quantitative estimate of drug-likeness (QED) is 0.271. The van der Waals surface area contributed by atoms with E-state index >= 15 is 0 Å². The van der Waals surface area contributed by atoms with Crippen LogP contribution in [-0.2, 0) is 4.79 Å². The van der Waals surface area contributed by atoms with Crippen molar-refractivity contribution in [3.05, 3.63) is 60.8 Å². The molecule has 4 nitrogen and oxygen atoms in total. The number of carboxylic acid groups (broad SMARTS) is 1. The van der Waals surface area contributed by atoms with Crippen LogP contribution in [0.2, 0.25) is 0 Å². The van der Waals surface area contributed by atoms with Gasteiger partial charge in [0.15, 0.2) is 0 Å². The number of aliphatic hydroxyl groups excluding tert-OH is 2. The van der Waals surface area contributed by atoms with Crippen LogP contribution < -0.4 is 0 Å². The van der Waals surface area contributed by atoms with Crippen molar-refractivity contribution in [3.63, 3.8) is 0 Å². The van der Waals surface area contributed by atoms with Crippen molar-refractivity contribution < 1.29 is 20.1 Å². The molecule has 0 aliphatic carbocycles. The maximum atomic E-state index is 10.3. The Morgan fingerprint density at radius 3 is 2.12 bits per heavy atom. The Balaban J connectivity index is 3.77. The normalized spacial score (nSPS) is 15.5. The summed E-state index contributed by atoms with van der Waals surface area (Å²) in [5.41, 5.74) is 0. The van der Waals surface area contributed by atoms with Crippen molar-refractivity contribution in [1.82, 2.24) is 0 Å². The highest BCUT2D eigenvalue weighted by molar-refractivity contribution is 5.66. The maximum absolute atomic E-state index is 10.3. The van der Waals surface area contributed by atoms with E-state index in [1.807, 2.05) is 55.5 Å². The highest BCUT2D eigenvalue weighted by Gasteiger charge is 1.95. The molecule has 0 saturated heterocycles. The van der Waals surface area contributed by atoms with Crippen LogP contribution in [0.4, 0.5) is 0 Å². The average Bonchev–Trinajstić information content (AvgIpc) is 2.55. The summed E-state index contributed by atoms with van der Waals surface area (Å²) in [5.74, 6) is -0.775. The van der Waals surface area contributed by atoms with Gasteiger partial charge in [-0.1, -0.05) is 67.7 Å². The third-order valence-electron chi connectivity index (χ3n) is 3.16. The summed E-state index contributed by atoms with van der Waals surface area (Å²) in [6, 6.07) is 0. The summed E-state index contributed by atoms with van der Waals surface area (Å²) in [6.45, 7) is 1.93. The fourth-order valence-corrected chi connectivity index (χ4v) is 1.72. The van der Waals surface area contributed by atoms with E-state index in [2.05, 4.69) is 0 Å². The minimum atomic E-state index is -0.775. The minimum Gasteiger partial charge on any atom is -0.481 e. The van der Waals surface area contributed by atoms with Gasteiger partial charge in [-0.3, -0.25) is 4.79 Å². The SMILES string of the molecule is CC[C@@H](O)/C=C/C=C\C/C=C\C=C/[C@H](O)C/C=C\CCCC(=O)O. The van der Waals surface area contributed by atoms with Crippen LogP contribution in [0, 0.1) is 0 Å². The molecule has 0 radical (unpaired) electrons. The molecule has 0 aromatic carbocycles. The van der Waals surface area contributed by atoms with Crippen molar-refractivity contribution >= 4 is 5.97 Å². The smallest absolute Gasteiger partial charge is 0.303 e. The zero-order chi connectivity index (χ0) is 18.0. The third kappa shape index (κ3) is 16.5. The minimum absolute atomic E-state index is 0.182. The number of allylic oxidation sites excluding steroid dienone is 7. The van der Waals surface area contributed by atoms with Crippen molar-refractivity contribution in [3.8, 4) is 0 Å². The monoisotopic (exact) mass is 334 g/mol. The molecule has 0 bridgehead atoms. The molecule has 0 aromatic rings. The Hall–Kier alpha value is -1.91. The van der Waals surface area contributed by atoms with Gasteiger partial charge < -0.3 is 15.3 Å². The zero-order valence-electron chi connectivity index (χ0n) is 14.4. The van der Waals surface area contributed by atoms with Crippen LogP contribution in [0.25, 0.3) is 0 Å². The molecule has 0 unspecified atom stereocenters. The Labute approximate surface area is 145 Å². The summed E-state index contributed by atoms with van der Waals surface area (Å²) in [6.07, 6.45) is 21.3. The number of hydrogen-bond donors (Lipinski definition) is 3. The molecular weight excluding hydrogens is 304 g/mol. The van der Waals surface area contributed by atoms with Crippen LogP contribution in [-0.4, -0.2) is 33.5 Å². The summed E-state index contributed by atoms with van der Waals surface area (Å²) >= 11 is 0. The summed E-state index contributed by atoms with van der Waals surface area (Å²) in [4.78, 5) is 10.3. The van der Waals surface area contributed by atoms with E-state index in [0.29, 0.717) is 12.8 Å². The molecule has 0 amide bonds. The van der Waals surface area contributed by atoms with E-state index in [1.54, 1.807) is 12.2 Å². The van der Waals surface area contributed by atoms with Gasteiger partial charge in [-0.15, -0.1) is 0 Å². The molecule has 0 aliphatic rings. The average molecular weight is 334 g/mol. The molecule has 0 spiro atoms. The van der Waals surface area contributed by atoms with Crippen molar-refractivity contribution in [2.75, 3.05) is 0 Å². The van der Waals surface area contributed by atoms with Gasteiger partial charge in [-0.25, -0.2) is 0 Å². The third-order valence-corrected chi connectivity index (χ3v) is 3.16. The molecule has 0 aromatic heterocycles. The molecule has 3 N–H and O–H groups in total. The van der Waals surface area contributed by atoms with Crippen LogP contribution in [0.1, 0.15) is 45.4 Å². The molecule has 2 atom stereocenters. The fraction of sp³-hybridized carbons (Fsp3) is 0.450. The Morgan fingerprint density at radius 2 is 1.54 bits per heavy atom. The number of hydrogen-bond acceptors (Lipinski definition) is 3. The summed E-state index contributed by atoms with van der Waals surface area (Å²) in [5, 5.41) is 27.5. The predicted molar refractivity (Wildman–Crippen MR) is 98.7 cm³/mol.